The molecule has 0 aliphatic carbocycles. The summed E-state index contributed by atoms with van der Waals surface area (Å²) in [5.41, 5.74) is 2.61. The quantitative estimate of drug-likeness (QED) is 0.814. The Morgan fingerprint density at radius 2 is 1.66 bits per heavy atom. The van der Waals surface area contributed by atoms with Gasteiger partial charge in [-0.2, -0.15) is 0 Å². The van der Waals surface area contributed by atoms with Crippen LogP contribution in [0.15, 0.2) is 54.6 Å². The van der Waals surface area contributed by atoms with Crippen molar-refractivity contribution in [2.75, 3.05) is 43.0 Å². The van der Waals surface area contributed by atoms with Crippen molar-refractivity contribution in [3.63, 3.8) is 0 Å². The van der Waals surface area contributed by atoms with Crippen LogP contribution < -0.4 is 5.32 Å². The standard InChI is InChI=1S/C22H27N3O3S/c26-22(23-20-4-2-1-3-5-20)19-8-6-18(7-9-19)16-24-11-13-25(14-12-24)21-10-15-29(27,28)17-21/h1-9,21H,10-17H2,(H,23,26). The van der Waals surface area contributed by atoms with Gasteiger partial charge in [0.1, 0.15) is 0 Å². The Morgan fingerprint density at radius 1 is 0.966 bits per heavy atom. The van der Waals surface area contributed by atoms with E-state index in [0.29, 0.717) is 17.1 Å². The van der Waals surface area contributed by atoms with E-state index in [0.717, 1.165) is 44.8 Å². The lowest BCUT2D eigenvalue weighted by Gasteiger charge is -2.37. The maximum Gasteiger partial charge on any atom is 0.255 e. The summed E-state index contributed by atoms with van der Waals surface area (Å²) in [5, 5.41) is 2.90. The van der Waals surface area contributed by atoms with Crippen molar-refractivity contribution in [1.29, 1.82) is 0 Å². The Morgan fingerprint density at radius 3 is 2.28 bits per heavy atom. The number of rotatable bonds is 5. The fourth-order valence-electron chi connectivity index (χ4n) is 4.09. The molecule has 2 fully saturated rings. The van der Waals surface area contributed by atoms with E-state index in [1.807, 2.05) is 54.6 Å². The SMILES string of the molecule is O=C(Nc1ccccc1)c1ccc(CN2CCN(C3CCS(=O)(=O)C3)CC2)cc1. The second-order valence-electron chi connectivity index (χ2n) is 7.89. The average Bonchev–Trinajstić information content (AvgIpc) is 3.09. The minimum absolute atomic E-state index is 0.108. The van der Waals surface area contributed by atoms with Gasteiger partial charge >= 0.3 is 0 Å². The number of benzene rings is 2. The molecule has 4 rings (SSSR count). The summed E-state index contributed by atoms with van der Waals surface area (Å²) in [7, 11) is -2.83. The van der Waals surface area contributed by atoms with Gasteiger partial charge in [-0.3, -0.25) is 14.6 Å². The van der Waals surface area contributed by atoms with Crippen molar-refractivity contribution in [2.24, 2.45) is 0 Å². The first-order valence-corrected chi connectivity index (χ1v) is 11.9. The molecule has 1 amide bonds. The van der Waals surface area contributed by atoms with E-state index in [1.54, 1.807) is 0 Å². The first-order valence-electron chi connectivity index (χ1n) is 10.1. The van der Waals surface area contributed by atoms with E-state index in [-0.39, 0.29) is 11.9 Å². The summed E-state index contributed by atoms with van der Waals surface area (Å²) in [6, 6.07) is 17.4. The first-order chi connectivity index (χ1) is 14.0. The number of nitrogens with zero attached hydrogens (tertiary/aromatic N) is 2. The molecule has 1 unspecified atom stereocenters. The van der Waals surface area contributed by atoms with Crippen LogP contribution in [0, 0.1) is 0 Å². The molecular formula is C22H27N3O3S. The molecule has 2 aromatic carbocycles. The smallest absolute Gasteiger partial charge is 0.255 e. The number of hydrogen-bond acceptors (Lipinski definition) is 5. The second kappa shape index (κ2) is 8.65. The van der Waals surface area contributed by atoms with E-state index >= 15 is 0 Å². The fourth-order valence-corrected chi connectivity index (χ4v) is 5.86. The van der Waals surface area contributed by atoms with Gasteiger partial charge in [0.05, 0.1) is 11.5 Å². The number of hydrogen-bond donors (Lipinski definition) is 1. The minimum atomic E-state index is -2.83. The summed E-state index contributed by atoms with van der Waals surface area (Å²) in [6.45, 7) is 4.55. The molecule has 2 aliphatic heterocycles. The third kappa shape index (κ3) is 5.23. The molecule has 6 nitrogen and oxygen atoms in total. The number of carbonyl (C=O) groups excluding carboxylic acids is 1. The molecule has 1 atom stereocenters. The van der Waals surface area contributed by atoms with Crippen LogP contribution in [0.3, 0.4) is 0 Å². The number of nitrogens with one attached hydrogen (secondary N) is 1. The van der Waals surface area contributed by atoms with Crippen molar-refractivity contribution in [2.45, 2.75) is 19.0 Å². The Labute approximate surface area is 172 Å². The third-order valence-corrected chi connectivity index (χ3v) is 7.54. The van der Waals surface area contributed by atoms with Crippen molar-refractivity contribution < 1.29 is 13.2 Å². The number of amides is 1. The third-order valence-electron chi connectivity index (χ3n) is 5.79. The van der Waals surface area contributed by atoms with E-state index in [4.69, 9.17) is 0 Å². The molecule has 2 aliphatic rings. The lowest BCUT2D eigenvalue weighted by atomic mass is 10.1. The number of anilines is 1. The average molecular weight is 414 g/mol. The monoisotopic (exact) mass is 413 g/mol. The second-order valence-corrected chi connectivity index (χ2v) is 10.1. The Hall–Kier alpha value is -2.22. The molecule has 7 heteroatoms. The van der Waals surface area contributed by atoms with Gasteiger partial charge in [0.25, 0.3) is 5.91 Å². The van der Waals surface area contributed by atoms with Crippen LogP contribution in [0.5, 0.6) is 0 Å². The van der Waals surface area contributed by atoms with Gasteiger partial charge in [0.15, 0.2) is 9.84 Å². The van der Waals surface area contributed by atoms with Crippen LogP contribution in [0.4, 0.5) is 5.69 Å². The number of para-hydroxylation sites is 1. The molecule has 2 aromatic rings. The van der Waals surface area contributed by atoms with Gasteiger partial charge in [-0.1, -0.05) is 30.3 Å². The molecule has 0 spiro atoms. The summed E-state index contributed by atoms with van der Waals surface area (Å²) < 4.78 is 23.4. The minimum Gasteiger partial charge on any atom is -0.322 e. The fraction of sp³-hybridized carbons (Fsp3) is 0.409. The van der Waals surface area contributed by atoms with Gasteiger partial charge in [-0.05, 0) is 36.2 Å². The van der Waals surface area contributed by atoms with Crippen molar-refractivity contribution >= 4 is 21.4 Å². The van der Waals surface area contributed by atoms with Gasteiger partial charge in [-0.25, -0.2) is 8.42 Å². The molecule has 0 bridgehead atoms. The van der Waals surface area contributed by atoms with Gasteiger partial charge in [0, 0.05) is 50.0 Å². The molecule has 0 aromatic heterocycles. The van der Waals surface area contributed by atoms with E-state index < -0.39 is 9.84 Å². The van der Waals surface area contributed by atoms with Crippen LogP contribution in [0.1, 0.15) is 22.3 Å². The predicted molar refractivity (Wildman–Crippen MR) is 115 cm³/mol. The summed E-state index contributed by atoms with van der Waals surface area (Å²) in [4.78, 5) is 17.1. The zero-order valence-corrected chi connectivity index (χ0v) is 17.3. The Bertz CT molecular complexity index is 937. The predicted octanol–water partition coefficient (Wildman–Crippen LogP) is 2.24. The number of carbonyl (C=O) groups is 1. The van der Waals surface area contributed by atoms with Gasteiger partial charge in [-0.15, -0.1) is 0 Å². The molecule has 29 heavy (non-hydrogen) atoms. The molecule has 2 heterocycles. The molecule has 1 N–H and O–H groups in total. The summed E-state index contributed by atoms with van der Waals surface area (Å²) in [5.74, 6) is 0.546. The van der Waals surface area contributed by atoms with E-state index in [1.165, 1.54) is 5.56 Å². The largest absolute Gasteiger partial charge is 0.322 e. The molecule has 154 valence electrons. The van der Waals surface area contributed by atoms with Crippen LogP contribution in [0.2, 0.25) is 0 Å². The Balaban J connectivity index is 1.27. The van der Waals surface area contributed by atoms with Crippen molar-refractivity contribution in [3.05, 3.63) is 65.7 Å². The van der Waals surface area contributed by atoms with Crippen LogP contribution in [-0.2, 0) is 16.4 Å². The van der Waals surface area contributed by atoms with Gasteiger partial charge < -0.3 is 5.32 Å². The highest BCUT2D eigenvalue weighted by molar-refractivity contribution is 7.91. The Kier molecular flexibility index (Phi) is 5.99. The topological polar surface area (TPSA) is 69.7 Å². The zero-order chi connectivity index (χ0) is 20.3. The van der Waals surface area contributed by atoms with Crippen molar-refractivity contribution in [1.82, 2.24) is 9.80 Å². The maximum absolute atomic E-state index is 12.4. The molecule has 0 saturated carbocycles. The normalized spacial score (nSPS) is 22.4. The lowest BCUT2D eigenvalue weighted by Crippen LogP contribution is -2.50. The summed E-state index contributed by atoms with van der Waals surface area (Å²) >= 11 is 0. The first kappa shape index (κ1) is 20.1. The van der Waals surface area contributed by atoms with Gasteiger partial charge in [0.2, 0.25) is 0 Å². The van der Waals surface area contributed by atoms with Crippen molar-refractivity contribution in [3.8, 4) is 0 Å². The van der Waals surface area contributed by atoms with Crippen LogP contribution in [0.25, 0.3) is 0 Å². The maximum atomic E-state index is 12.4. The zero-order valence-electron chi connectivity index (χ0n) is 16.5. The number of piperazine rings is 1. The van der Waals surface area contributed by atoms with Crippen LogP contribution >= 0.6 is 0 Å². The highest BCUT2D eigenvalue weighted by Crippen LogP contribution is 2.20. The highest BCUT2D eigenvalue weighted by Gasteiger charge is 2.33. The number of sulfone groups is 1. The lowest BCUT2D eigenvalue weighted by molar-refractivity contribution is 0.1000. The van der Waals surface area contributed by atoms with E-state index in [2.05, 4.69) is 15.1 Å². The van der Waals surface area contributed by atoms with E-state index in [9.17, 15) is 13.2 Å². The summed E-state index contributed by atoms with van der Waals surface area (Å²) in [6.07, 6.45) is 0.773. The molecule has 2 saturated heterocycles. The highest BCUT2D eigenvalue weighted by atomic mass is 32.2. The molecular weight excluding hydrogens is 386 g/mol. The molecule has 0 radical (unpaired) electrons. The van der Waals surface area contributed by atoms with Crippen LogP contribution in [-0.4, -0.2) is 67.9 Å².